The summed E-state index contributed by atoms with van der Waals surface area (Å²) in [5.41, 5.74) is 0.977. The van der Waals surface area contributed by atoms with Crippen LogP contribution in [-0.4, -0.2) is 35.1 Å². The molecule has 1 N–H and O–H groups in total. The highest BCUT2D eigenvalue weighted by Gasteiger charge is 2.13. The molecule has 29 heavy (non-hydrogen) atoms. The first-order chi connectivity index (χ1) is 13.9. The van der Waals surface area contributed by atoms with Crippen molar-refractivity contribution in [3.8, 4) is 5.75 Å². The Kier molecular flexibility index (Phi) is 6.50. The van der Waals surface area contributed by atoms with E-state index in [2.05, 4.69) is 10.3 Å². The summed E-state index contributed by atoms with van der Waals surface area (Å²) in [4.78, 5) is 41.1. The number of amides is 1. The molecule has 0 saturated heterocycles. The van der Waals surface area contributed by atoms with Crippen molar-refractivity contribution in [2.75, 3.05) is 19.0 Å². The maximum absolute atomic E-state index is 12.3. The molecule has 3 rings (SSSR count). The molecule has 1 amide bonds. The first-order valence-electron chi connectivity index (χ1n) is 8.61. The van der Waals surface area contributed by atoms with Gasteiger partial charge < -0.3 is 14.8 Å². The molecule has 0 unspecified atom stereocenters. The van der Waals surface area contributed by atoms with Gasteiger partial charge in [-0.05, 0) is 30.0 Å². The lowest BCUT2D eigenvalue weighted by atomic mass is 10.2. The molecular weight excluding hydrogens is 418 g/mol. The minimum atomic E-state index is -0.600. The highest BCUT2D eigenvalue weighted by atomic mass is 35.5. The Bertz CT molecular complexity index is 1120. The Morgan fingerprint density at radius 3 is 2.90 bits per heavy atom. The number of methoxy groups -OCH3 is 1. The number of nitrogens with one attached hydrogen (secondary N) is 1. The molecule has 0 bridgehead atoms. The zero-order valence-corrected chi connectivity index (χ0v) is 17.3. The smallest absolute Gasteiger partial charge is 0.308 e. The maximum atomic E-state index is 12.3. The van der Waals surface area contributed by atoms with E-state index < -0.39 is 18.5 Å². The number of carbonyl (C=O) groups excluding carboxylic acids is 2. The van der Waals surface area contributed by atoms with Gasteiger partial charge in [-0.25, -0.2) is 4.98 Å². The normalized spacial score (nSPS) is 10.7. The van der Waals surface area contributed by atoms with Crippen LogP contribution in [0.15, 0.2) is 34.7 Å². The number of benzene rings is 1. The van der Waals surface area contributed by atoms with Crippen molar-refractivity contribution in [1.82, 2.24) is 9.55 Å². The first kappa shape index (κ1) is 20.8. The zero-order chi connectivity index (χ0) is 21.0. The van der Waals surface area contributed by atoms with E-state index in [9.17, 15) is 14.4 Å². The van der Waals surface area contributed by atoms with Gasteiger partial charge >= 0.3 is 5.97 Å². The highest BCUT2D eigenvalue weighted by molar-refractivity contribution is 7.16. The van der Waals surface area contributed by atoms with Crippen LogP contribution in [0.5, 0.6) is 5.75 Å². The molecule has 0 spiro atoms. The number of aromatic nitrogens is 2. The number of carbonyl (C=O) groups is 2. The summed E-state index contributed by atoms with van der Waals surface area (Å²) in [6.07, 6.45) is 1.34. The SMILES string of the molecule is COc1cc(Cl)c(C)cc1NC(=O)COC(=O)CCn1cnc2sccc2c1=O. The fraction of sp³-hybridized carbons (Fsp3) is 0.263. The molecule has 3 aromatic rings. The van der Waals surface area contributed by atoms with Gasteiger partial charge in [0.2, 0.25) is 0 Å². The van der Waals surface area contributed by atoms with Gasteiger partial charge in [0, 0.05) is 17.6 Å². The summed E-state index contributed by atoms with van der Waals surface area (Å²) >= 11 is 7.41. The third-order valence-electron chi connectivity index (χ3n) is 4.13. The lowest BCUT2D eigenvalue weighted by Crippen LogP contribution is -2.24. The molecule has 0 fully saturated rings. The number of rotatable bonds is 7. The highest BCUT2D eigenvalue weighted by Crippen LogP contribution is 2.30. The number of ether oxygens (including phenoxy) is 2. The molecule has 2 aromatic heterocycles. The second kappa shape index (κ2) is 9.06. The number of aryl methyl sites for hydroxylation is 2. The number of halogens is 1. The number of hydrogen-bond donors (Lipinski definition) is 1. The summed E-state index contributed by atoms with van der Waals surface area (Å²) in [7, 11) is 1.46. The number of nitrogens with zero attached hydrogens (tertiary/aromatic N) is 2. The van der Waals surface area contributed by atoms with Gasteiger partial charge in [-0.15, -0.1) is 11.3 Å². The van der Waals surface area contributed by atoms with Crippen LogP contribution in [0.1, 0.15) is 12.0 Å². The lowest BCUT2D eigenvalue weighted by molar-refractivity contribution is -0.147. The molecule has 1 aromatic carbocycles. The van der Waals surface area contributed by atoms with Crippen molar-refractivity contribution in [3.63, 3.8) is 0 Å². The topological polar surface area (TPSA) is 99.5 Å². The summed E-state index contributed by atoms with van der Waals surface area (Å²) in [6.45, 7) is 1.45. The molecular formula is C19H18ClN3O5S. The quantitative estimate of drug-likeness (QED) is 0.573. The summed E-state index contributed by atoms with van der Waals surface area (Å²) < 4.78 is 11.5. The Morgan fingerprint density at radius 1 is 1.34 bits per heavy atom. The molecule has 152 valence electrons. The van der Waals surface area contributed by atoms with Gasteiger partial charge in [0.15, 0.2) is 6.61 Å². The van der Waals surface area contributed by atoms with Gasteiger partial charge in [0.25, 0.3) is 11.5 Å². The third kappa shape index (κ3) is 4.93. The molecule has 10 heteroatoms. The molecule has 0 saturated carbocycles. The molecule has 8 nitrogen and oxygen atoms in total. The number of hydrogen-bond acceptors (Lipinski definition) is 7. The van der Waals surface area contributed by atoms with Gasteiger partial charge in [-0.2, -0.15) is 0 Å². The van der Waals surface area contributed by atoms with Crippen molar-refractivity contribution in [2.24, 2.45) is 0 Å². The van der Waals surface area contributed by atoms with Crippen LogP contribution in [0, 0.1) is 6.92 Å². The van der Waals surface area contributed by atoms with E-state index in [-0.39, 0.29) is 18.5 Å². The van der Waals surface area contributed by atoms with Crippen molar-refractivity contribution in [1.29, 1.82) is 0 Å². The largest absolute Gasteiger partial charge is 0.495 e. The standard InChI is InChI=1S/C19H18ClN3O5S/c1-11-7-14(15(27-2)8-13(11)20)22-16(24)9-28-17(25)3-5-23-10-21-18-12(19(23)26)4-6-29-18/h4,6-8,10H,3,5,9H2,1-2H3,(H,22,24). The fourth-order valence-corrected chi connectivity index (χ4v) is 3.48. The second-order valence-electron chi connectivity index (χ2n) is 6.14. The number of thiophene rings is 1. The van der Waals surface area contributed by atoms with Gasteiger partial charge in [0.1, 0.15) is 10.6 Å². The second-order valence-corrected chi connectivity index (χ2v) is 7.44. The Hall–Kier alpha value is -2.91. The molecule has 0 atom stereocenters. The Labute approximate surface area is 175 Å². The minimum absolute atomic E-state index is 0.0616. The van der Waals surface area contributed by atoms with Crippen LogP contribution in [0.3, 0.4) is 0 Å². The van der Waals surface area contributed by atoms with E-state index in [1.165, 1.54) is 29.3 Å². The molecule has 0 aliphatic heterocycles. The van der Waals surface area contributed by atoms with Crippen LogP contribution in [0.25, 0.3) is 10.2 Å². The summed E-state index contributed by atoms with van der Waals surface area (Å²) in [6, 6.07) is 4.96. The minimum Gasteiger partial charge on any atom is -0.495 e. The first-order valence-corrected chi connectivity index (χ1v) is 9.87. The van der Waals surface area contributed by atoms with E-state index in [1.54, 1.807) is 30.5 Å². The van der Waals surface area contributed by atoms with E-state index in [0.29, 0.717) is 26.7 Å². The summed E-state index contributed by atoms with van der Waals surface area (Å²) in [5, 5.41) is 5.43. The van der Waals surface area contributed by atoms with Crippen LogP contribution in [0.2, 0.25) is 5.02 Å². The molecule has 0 aliphatic rings. The van der Waals surface area contributed by atoms with E-state index >= 15 is 0 Å². The fourth-order valence-electron chi connectivity index (χ4n) is 2.60. The van der Waals surface area contributed by atoms with Crippen LogP contribution >= 0.6 is 22.9 Å². The summed E-state index contributed by atoms with van der Waals surface area (Å²) in [5.74, 6) is -0.718. The predicted octanol–water partition coefficient (Wildman–Crippen LogP) is 3.00. The average molecular weight is 436 g/mol. The van der Waals surface area contributed by atoms with Crippen molar-refractivity contribution in [3.05, 3.63) is 50.8 Å². The van der Waals surface area contributed by atoms with E-state index in [4.69, 9.17) is 21.1 Å². The van der Waals surface area contributed by atoms with E-state index in [0.717, 1.165) is 5.56 Å². The van der Waals surface area contributed by atoms with Gasteiger partial charge in [-0.3, -0.25) is 19.0 Å². The van der Waals surface area contributed by atoms with Crippen LogP contribution in [-0.2, 0) is 20.9 Å². The number of anilines is 1. The van der Waals surface area contributed by atoms with Gasteiger partial charge in [0.05, 0.1) is 30.9 Å². The molecule has 2 heterocycles. The Morgan fingerprint density at radius 2 is 2.14 bits per heavy atom. The van der Waals surface area contributed by atoms with Crippen molar-refractivity contribution < 1.29 is 19.1 Å². The molecule has 0 radical (unpaired) electrons. The average Bonchev–Trinajstić information content (AvgIpc) is 3.18. The Balaban J connectivity index is 1.52. The van der Waals surface area contributed by atoms with Crippen molar-refractivity contribution >= 4 is 50.7 Å². The van der Waals surface area contributed by atoms with Gasteiger partial charge in [-0.1, -0.05) is 11.6 Å². The zero-order valence-electron chi connectivity index (χ0n) is 15.7. The van der Waals surface area contributed by atoms with Crippen LogP contribution in [0.4, 0.5) is 5.69 Å². The van der Waals surface area contributed by atoms with Crippen molar-refractivity contribution in [2.45, 2.75) is 19.9 Å². The predicted molar refractivity (Wildman–Crippen MR) is 111 cm³/mol. The molecule has 0 aliphatic carbocycles. The monoisotopic (exact) mass is 435 g/mol. The van der Waals surface area contributed by atoms with E-state index in [1.807, 2.05) is 0 Å². The van der Waals surface area contributed by atoms with Crippen LogP contribution < -0.4 is 15.6 Å². The number of esters is 1. The maximum Gasteiger partial charge on any atom is 0.308 e. The third-order valence-corrected chi connectivity index (χ3v) is 5.35. The lowest BCUT2D eigenvalue weighted by Gasteiger charge is -2.12. The number of fused-ring (bicyclic) bond motifs is 1.